The number of amides is 1. The molecule has 3 heterocycles. The number of unbranched alkanes of at least 4 members (excludes halogenated alkanes) is 46. The van der Waals surface area contributed by atoms with Crippen molar-refractivity contribution in [3.8, 4) is 0 Å². The van der Waals surface area contributed by atoms with E-state index >= 15 is 0 Å². The number of carbonyl (C=O) groups excluding carboxylic acids is 1. The molecule has 19 nitrogen and oxygen atoms in total. The lowest BCUT2D eigenvalue weighted by Gasteiger charge is -2.48. The van der Waals surface area contributed by atoms with E-state index in [2.05, 4.69) is 55.6 Å². The Labute approximate surface area is 619 Å². The van der Waals surface area contributed by atoms with Gasteiger partial charge in [0.1, 0.15) is 73.2 Å². The Morgan fingerprint density at radius 3 is 1.01 bits per heavy atom. The summed E-state index contributed by atoms with van der Waals surface area (Å²) in [5.41, 5.74) is 0. The molecule has 17 atom stereocenters. The smallest absolute Gasteiger partial charge is 0.220 e. The van der Waals surface area contributed by atoms with E-state index in [1.807, 2.05) is 0 Å². The summed E-state index contributed by atoms with van der Waals surface area (Å²) in [5, 5.41) is 121. The summed E-state index contributed by atoms with van der Waals surface area (Å²) in [5.74, 6) is -0.242. The Balaban J connectivity index is 1.35. The molecule has 12 N–H and O–H groups in total. The van der Waals surface area contributed by atoms with Crippen LogP contribution in [0.25, 0.3) is 0 Å². The van der Waals surface area contributed by atoms with Crippen LogP contribution in [0.1, 0.15) is 354 Å². The van der Waals surface area contributed by atoms with Gasteiger partial charge in [-0.2, -0.15) is 0 Å². The maximum atomic E-state index is 13.5. The molecule has 0 aliphatic carbocycles. The number of allylic oxidation sites excluding steroid dienone is 6. The Morgan fingerprint density at radius 1 is 0.353 bits per heavy atom. The first-order chi connectivity index (χ1) is 49.8. The van der Waals surface area contributed by atoms with Crippen molar-refractivity contribution >= 4 is 5.91 Å². The van der Waals surface area contributed by atoms with Crippen LogP contribution in [0.5, 0.6) is 0 Å². The summed E-state index contributed by atoms with van der Waals surface area (Å²) in [6, 6.07) is -0.892. The van der Waals surface area contributed by atoms with Crippen molar-refractivity contribution in [2.75, 3.05) is 26.4 Å². The second-order valence-corrected chi connectivity index (χ2v) is 30.3. The third-order valence-electron chi connectivity index (χ3n) is 21.2. The highest BCUT2D eigenvalue weighted by atomic mass is 16.8. The molecule has 0 bridgehead atoms. The number of ether oxygens (including phenoxy) is 6. The second kappa shape index (κ2) is 63.9. The maximum absolute atomic E-state index is 13.5. The fourth-order valence-corrected chi connectivity index (χ4v) is 14.4. The molecule has 0 spiro atoms. The molecule has 0 aromatic rings. The summed E-state index contributed by atoms with van der Waals surface area (Å²) >= 11 is 0. The van der Waals surface area contributed by atoms with Crippen LogP contribution in [-0.4, -0.2) is 193 Å². The van der Waals surface area contributed by atoms with Crippen molar-refractivity contribution in [3.63, 3.8) is 0 Å². The van der Waals surface area contributed by atoms with E-state index in [4.69, 9.17) is 28.4 Å². The quantitative estimate of drug-likeness (QED) is 0.0199. The van der Waals surface area contributed by atoms with Crippen LogP contribution in [0.2, 0.25) is 0 Å². The highest BCUT2D eigenvalue weighted by molar-refractivity contribution is 5.76. The third-order valence-corrected chi connectivity index (χ3v) is 21.2. The van der Waals surface area contributed by atoms with Gasteiger partial charge in [0.2, 0.25) is 5.91 Å². The predicted molar refractivity (Wildman–Crippen MR) is 406 cm³/mol. The van der Waals surface area contributed by atoms with E-state index in [0.717, 1.165) is 64.2 Å². The van der Waals surface area contributed by atoms with E-state index in [9.17, 15) is 61.0 Å². The zero-order valence-electron chi connectivity index (χ0n) is 64.4. The van der Waals surface area contributed by atoms with Crippen molar-refractivity contribution in [2.24, 2.45) is 0 Å². The Bertz CT molecular complexity index is 1980. The molecule has 0 aromatic carbocycles. The summed E-state index contributed by atoms with van der Waals surface area (Å²) in [4.78, 5) is 13.5. The average molecular weight is 1460 g/mol. The van der Waals surface area contributed by atoms with Crippen molar-refractivity contribution in [2.45, 2.75) is 458 Å². The molecule has 3 fully saturated rings. The van der Waals surface area contributed by atoms with Crippen LogP contribution < -0.4 is 5.32 Å². The van der Waals surface area contributed by atoms with Crippen molar-refractivity contribution in [1.29, 1.82) is 0 Å². The summed E-state index contributed by atoms with van der Waals surface area (Å²) in [6.45, 7) is 1.84. The monoisotopic (exact) mass is 1450 g/mol. The minimum absolute atomic E-state index is 0.242. The molecule has 3 aliphatic heterocycles. The molecule has 19 heteroatoms. The van der Waals surface area contributed by atoms with Crippen LogP contribution in [0.15, 0.2) is 36.5 Å². The number of nitrogens with one attached hydrogen (secondary N) is 1. The molecule has 3 saturated heterocycles. The fourth-order valence-electron chi connectivity index (χ4n) is 14.4. The van der Waals surface area contributed by atoms with Gasteiger partial charge in [0.15, 0.2) is 18.9 Å². The average Bonchev–Trinajstić information content (AvgIpc) is 0.781. The number of hydrogen-bond acceptors (Lipinski definition) is 18. The van der Waals surface area contributed by atoms with Gasteiger partial charge < -0.3 is 89.9 Å². The van der Waals surface area contributed by atoms with Gasteiger partial charge in [0, 0.05) is 6.42 Å². The van der Waals surface area contributed by atoms with E-state index in [0.29, 0.717) is 12.8 Å². The molecule has 3 aliphatic rings. The van der Waals surface area contributed by atoms with Crippen LogP contribution in [-0.2, 0) is 33.2 Å². The molecule has 0 aromatic heterocycles. The van der Waals surface area contributed by atoms with Gasteiger partial charge in [-0.05, 0) is 51.4 Å². The summed E-state index contributed by atoms with van der Waals surface area (Å²) < 4.78 is 34.6. The van der Waals surface area contributed by atoms with Gasteiger partial charge in [-0.3, -0.25) is 4.79 Å². The van der Waals surface area contributed by atoms with E-state index in [1.54, 1.807) is 0 Å². The highest BCUT2D eigenvalue weighted by Crippen LogP contribution is 2.33. The first-order valence-corrected chi connectivity index (χ1v) is 42.2. The van der Waals surface area contributed by atoms with Crippen LogP contribution in [0, 0.1) is 0 Å². The standard InChI is InChI=1S/C83H155NO18/c1-3-5-7-9-11-13-15-17-19-21-23-25-27-29-30-31-32-33-34-35-37-38-40-42-44-46-48-50-52-54-56-58-60-67(88)66(84-71(89)61-59-57-55-53-51-49-47-45-43-41-39-36-28-26-24-22-20-18-16-14-12-10-8-6-4-2)65-97-81-77(95)74(92)79(69(63-86)99-81)102-83-78(96)75(93)80(70(64-87)100-83)101-82-76(94)73(91)72(90)68(62-85)98-82/h16,18,22,24,28,36,66-70,72-83,85-88,90-96H,3-15,17,19-21,23,25-27,29-35,37-65H2,1-2H3,(H,84,89)/b18-16-,24-22-,36-28-. The Kier molecular flexibility index (Phi) is 59.0. The van der Waals surface area contributed by atoms with E-state index < -0.39 is 124 Å². The van der Waals surface area contributed by atoms with Gasteiger partial charge in [-0.15, -0.1) is 0 Å². The molecule has 600 valence electrons. The predicted octanol–water partition coefficient (Wildman–Crippen LogP) is 14.7. The van der Waals surface area contributed by atoms with Gasteiger partial charge in [0.05, 0.1) is 38.6 Å². The zero-order valence-corrected chi connectivity index (χ0v) is 64.4. The third kappa shape index (κ3) is 43.3. The molecule has 0 saturated carbocycles. The molecule has 3 rings (SSSR count). The minimum Gasteiger partial charge on any atom is -0.394 e. The molecule has 0 radical (unpaired) electrons. The van der Waals surface area contributed by atoms with Crippen molar-refractivity contribution in [1.82, 2.24) is 5.32 Å². The number of hydrogen-bond donors (Lipinski definition) is 12. The number of carbonyl (C=O) groups is 1. The normalized spacial score (nSPS) is 26.3. The summed E-state index contributed by atoms with van der Waals surface area (Å²) in [7, 11) is 0. The molecule has 17 unspecified atom stereocenters. The van der Waals surface area contributed by atoms with Crippen molar-refractivity contribution in [3.05, 3.63) is 36.5 Å². The van der Waals surface area contributed by atoms with Gasteiger partial charge in [0.25, 0.3) is 0 Å². The first-order valence-electron chi connectivity index (χ1n) is 42.2. The SMILES string of the molecule is CCCCCCC/C=C\C/C=C\C/C=C\CCCCCCCCCCCCC(=O)NC(COC1OC(CO)C(OC2OC(CO)C(OC3OC(CO)C(O)C(O)C3O)C(O)C2O)C(O)C1O)C(O)CCCCCCCCCCCCCCCCCCCCCCCCCCCCCCCCCC. The van der Waals surface area contributed by atoms with Gasteiger partial charge in [-0.1, -0.05) is 333 Å². The largest absolute Gasteiger partial charge is 0.394 e. The Morgan fingerprint density at radius 2 is 0.647 bits per heavy atom. The zero-order chi connectivity index (χ0) is 73.9. The lowest BCUT2D eigenvalue weighted by atomic mass is 9.96. The first kappa shape index (κ1) is 94.2. The van der Waals surface area contributed by atoms with Crippen LogP contribution >= 0.6 is 0 Å². The lowest BCUT2D eigenvalue weighted by Crippen LogP contribution is -2.66. The number of rotatable bonds is 68. The molecular weight excluding hydrogens is 1300 g/mol. The van der Waals surface area contributed by atoms with Crippen molar-refractivity contribution < 1.29 is 89.4 Å². The minimum atomic E-state index is -1.97. The van der Waals surface area contributed by atoms with E-state index in [1.165, 1.54) is 257 Å². The van der Waals surface area contributed by atoms with Gasteiger partial charge >= 0.3 is 0 Å². The molecule has 1 amide bonds. The highest BCUT2D eigenvalue weighted by Gasteiger charge is 2.54. The summed E-state index contributed by atoms with van der Waals surface area (Å²) in [6.07, 6.45) is 52.4. The Hall–Kier alpha value is -1.99. The topological polar surface area (TPSA) is 307 Å². The van der Waals surface area contributed by atoms with E-state index in [-0.39, 0.29) is 18.9 Å². The van der Waals surface area contributed by atoms with Crippen LogP contribution in [0.3, 0.4) is 0 Å². The van der Waals surface area contributed by atoms with Crippen LogP contribution in [0.4, 0.5) is 0 Å². The van der Waals surface area contributed by atoms with Gasteiger partial charge in [-0.25, -0.2) is 0 Å². The number of aliphatic hydroxyl groups excluding tert-OH is 11. The molecule has 102 heavy (non-hydrogen) atoms. The lowest BCUT2D eigenvalue weighted by molar-refractivity contribution is -0.379. The number of aliphatic hydroxyl groups is 11. The molecular formula is C83H155NO18. The maximum Gasteiger partial charge on any atom is 0.220 e. The fraction of sp³-hybridized carbons (Fsp3) is 0.916. The second-order valence-electron chi connectivity index (χ2n) is 30.3.